The molecule has 0 aliphatic carbocycles. The molecule has 34 heavy (non-hydrogen) atoms. The van der Waals surface area contributed by atoms with Crippen LogP contribution >= 0.6 is 11.6 Å². The van der Waals surface area contributed by atoms with E-state index in [9.17, 15) is 5.11 Å². The third kappa shape index (κ3) is 6.47. The Morgan fingerprint density at radius 3 is 2.44 bits per heavy atom. The Hall–Kier alpha value is -2.67. The third-order valence-electron chi connectivity index (χ3n) is 6.16. The number of aryl methyl sites for hydroxylation is 3. The lowest BCUT2D eigenvalue weighted by molar-refractivity contribution is 0.0662. The van der Waals surface area contributed by atoms with Gasteiger partial charge in [0.05, 0.1) is 0 Å². The highest BCUT2D eigenvalue weighted by Gasteiger charge is 2.23. The van der Waals surface area contributed by atoms with Crippen LogP contribution in [0.25, 0.3) is 0 Å². The van der Waals surface area contributed by atoms with Gasteiger partial charge in [-0.3, -0.25) is 4.90 Å². The van der Waals surface area contributed by atoms with Crippen LogP contribution in [0.2, 0.25) is 5.02 Å². The number of piperazine rings is 1. The molecular formula is C27H33ClN4O2. The monoisotopic (exact) mass is 480 g/mol. The highest BCUT2D eigenvalue weighted by molar-refractivity contribution is 6.30. The van der Waals surface area contributed by atoms with Crippen LogP contribution in [0.4, 0.5) is 5.82 Å². The Bertz CT molecular complexity index is 1100. The van der Waals surface area contributed by atoms with E-state index in [1.54, 1.807) is 12.1 Å². The van der Waals surface area contributed by atoms with Crippen LogP contribution in [0, 0.1) is 20.8 Å². The van der Waals surface area contributed by atoms with Crippen LogP contribution in [-0.4, -0.2) is 65.4 Å². The van der Waals surface area contributed by atoms with Crippen molar-refractivity contribution in [1.29, 1.82) is 0 Å². The predicted octanol–water partition coefficient (Wildman–Crippen LogP) is 4.21. The van der Waals surface area contributed by atoms with E-state index in [4.69, 9.17) is 21.3 Å². The van der Waals surface area contributed by atoms with Gasteiger partial charge in [-0.25, -0.2) is 9.97 Å². The lowest BCUT2D eigenvalue weighted by Crippen LogP contribution is -2.49. The van der Waals surface area contributed by atoms with E-state index in [1.165, 1.54) is 16.7 Å². The van der Waals surface area contributed by atoms with Gasteiger partial charge >= 0.3 is 0 Å². The van der Waals surface area contributed by atoms with E-state index < -0.39 is 6.10 Å². The van der Waals surface area contributed by atoms with Crippen molar-refractivity contribution >= 4 is 17.4 Å². The molecule has 1 fully saturated rings. The smallest absolute Gasteiger partial charge is 0.136 e. The van der Waals surface area contributed by atoms with Gasteiger partial charge in [0.15, 0.2) is 0 Å². The zero-order chi connectivity index (χ0) is 24.1. The van der Waals surface area contributed by atoms with Gasteiger partial charge in [0, 0.05) is 55.4 Å². The average molecular weight is 481 g/mol. The topological polar surface area (TPSA) is 61.7 Å². The van der Waals surface area contributed by atoms with E-state index in [0.29, 0.717) is 17.3 Å². The second kappa shape index (κ2) is 11.2. The first-order valence-corrected chi connectivity index (χ1v) is 12.2. The number of rotatable bonds is 8. The fraction of sp³-hybridized carbons (Fsp3) is 0.407. The summed E-state index contributed by atoms with van der Waals surface area (Å²) in [7, 11) is 0. The molecule has 1 unspecified atom stereocenters. The third-order valence-corrected chi connectivity index (χ3v) is 6.42. The molecule has 2 heterocycles. The second-order valence-electron chi connectivity index (χ2n) is 9.03. The molecule has 7 heteroatoms. The number of ether oxygens (including phenoxy) is 1. The normalized spacial score (nSPS) is 15.4. The molecule has 1 aromatic heterocycles. The molecule has 2 aromatic carbocycles. The molecule has 1 atom stereocenters. The molecule has 0 amide bonds. The number of hydrogen-bond donors (Lipinski definition) is 1. The van der Waals surface area contributed by atoms with Crippen molar-refractivity contribution in [3.63, 3.8) is 0 Å². The van der Waals surface area contributed by atoms with E-state index >= 15 is 0 Å². The molecule has 3 aromatic rings. The SMILES string of the molecule is Cc1cccc(Cc2c(C)nc(C)nc2N2CCN(CC(O)COc3ccc(Cl)cc3)CC2)c1. The molecule has 1 saturated heterocycles. The number of aliphatic hydroxyl groups is 1. The van der Waals surface area contributed by atoms with Gasteiger partial charge in [-0.2, -0.15) is 0 Å². The van der Waals surface area contributed by atoms with Gasteiger partial charge in [0.25, 0.3) is 0 Å². The van der Waals surface area contributed by atoms with Crippen LogP contribution in [0.15, 0.2) is 48.5 Å². The Morgan fingerprint density at radius 2 is 1.74 bits per heavy atom. The number of aromatic nitrogens is 2. The molecule has 4 rings (SSSR count). The van der Waals surface area contributed by atoms with Crippen LogP contribution in [-0.2, 0) is 6.42 Å². The molecule has 0 saturated carbocycles. The number of aliphatic hydroxyl groups excluding tert-OH is 1. The van der Waals surface area contributed by atoms with Gasteiger partial charge in [-0.15, -0.1) is 0 Å². The first-order chi connectivity index (χ1) is 16.4. The van der Waals surface area contributed by atoms with Gasteiger partial charge in [0.2, 0.25) is 0 Å². The second-order valence-corrected chi connectivity index (χ2v) is 9.47. The Balaban J connectivity index is 1.35. The fourth-order valence-corrected chi connectivity index (χ4v) is 4.55. The van der Waals surface area contributed by atoms with Crippen molar-refractivity contribution < 1.29 is 9.84 Å². The first kappa shape index (κ1) is 24.5. The van der Waals surface area contributed by atoms with Gasteiger partial charge < -0.3 is 14.7 Å². The lowest BCUT2D eigenvalue weighted by Gasteiger charge is -2.37. The zero-order valence-electron chi connectivity index (χ0n) is 20.2. The van der Waals surface area contributed by atoms with Crippen LogP contribution in [0.3, 0.4) is 0 Å². The van der Waals surface area contributed by atoms with Crippen molar-refractivity contribution in [3.05, 3.63) is 81.8 Å². The molecule has 0 bridgehead atoms. The summed E-state index contributed by atoms with van der Waals surface area (Å²) in [6, 6.07) is 15.8. The summed E-state index contributed by atoms with van der Waals surface area (Å²) in [5.41, 5.74) is 4.78. The molecule has 6 nitrogen and oxygen atoms in total. The summed E-state index contributed by atoms with van der Waals surface area (Å²) in [6.07, 6.45) is 0.270. The summed E-state index contributed by atoms with van der Waals surface area (Å²) in [6.45, 7) is 10.5. The largest absolute Gasteiger partial charge is 0.491 e. The average Bonchev–Trinajstić information content (AvgIpc) is 2.81. The number of nitrogens with zero attached hydrogens (tertiary/aromatic N) is 4. The predicted molar refractivity (Wildman–Crippen MR) is 137 cm³/mol. The Kier molecular flexibility index (Phi) is 8.03. The minimum Gasteiger partial charge on any atom is -0.491 e. The highest BCUT2D eigenvalue weighted by atomic mass is 35.5. The zero-order valence-corrected chi connectivity index (χ0v) is 20.9. The standard InChI is InChI=1S/C27H33ClN4O2/c1-19-5-4-6-22(15-19)16-26-20(2)29-21(3)30-27(26)32-13-11-31(12-14-32)17-24(33)18-34-25-9-7-23(28)8-10-25/h4-10,15,24,33H,11-14,16-18H2,1-3H3. The van der Waals surface area contributed by atoms with E-state index in [2.05, 4.69) is 52.9 Å². The highest BCUT2D eigenvalue weighted by Crippen LogP contribution is 2.25. The summed E-state index contributed by atoms with van der Waals surface area (Å²) < 4.78 is 5.70. The van der Waals surface area contributed by atoms with Gasteiger partial charge in [-0.05, 0) is 50.6 Å². The molecular weight excluding hydrogens is 448 g/mol. The number of hydrogen-bond acceptors (Lipinski definition) is 6. The van der Waals surface area contributed by atoms with E-state index in [-0.39, 0.29) is 6.61 Å². The van der Waals surface area contributed by atoms with Crippen LogP contribution in [0.1, 0.15) is 28.2 Å². The summed E-state index contributed by atoms with van der Waals surface area (Å²) in [4.78, 5) is 14.1. The molecule has 1 aliphatic rings. The first-order valence-electron chi connectivity index (χ1n) is 11.8. The van der Waals surface area contributed by atoms with Crippen molar-refractivity contribution in [3.8, 4) is 5.75 Å². The van der Waals surface area contributed by atoms with Crippen molar-refractivity contribution in [2.45, 2.75) is 33.3 Å². The minimum absolute atomic E-state index is 0.257. The van der Waals surface area contributed by atoms with E-state index in [0.717, 1.165) is 49.9 Å². The number of benzene rings is 2. The quantitative estimate of drug-likeness (QED) is 0.521. The Morgan fingerprint density at radius 1 is 1.00 bits per heavy atom. The number of anilines is 1. The minimum atomic E-state index is -0.553. The molecule has 180 valence electrons. The van der Waals surface area contributed by atoms with Gasteiger partial charge in [-0.1, -0.05) is 41.4 Å². The summed E-state index contributed by atoms with van der Waals surface area (Å²) in [5.74, 6) is 2.55. The van der Waals surface area contributed by atoms with Crippen molar-refractivity contribution in [2.75, 3.05) is 44.2 Å². The van der Waals surface area contributed by atoms with Crippen molar-refractivity contribution in [1.82, 2.24) is 14.9 Å². The van der Waals surface area contributed by atoms with Crippen molar-refractivity contribution in [2.24, 2.45) is 0 Å². The fourth-order valence-electron chi connectivity index (χ4n) is 4.43. The molecule has 0 radical (unpaired) electrons. The Labute approximate surface area is 207 Å². The van der Waals surface area contributed by atoms with E-state index in [1.807, 2.05) is 19.1 Å². The molecule has 1 N–H and O–H groups in total. The molecule has 1 aliphatic heterocycles. The number of β-amino-alcohol motifs (C(OH)–C–C–N with tert-alkyl or cyclic N) is 1. The lowest BCUT2D eigenvalue weighted by atomic mass is 10.0. The summed E-state index contributed by atoms with van der Waals surface area (Å²) >= 11 is 5.91. The van der Waals surface area contributed by atoms with Gasteiger partial charge in [0.1, 0.15) is 30.1 Å². The number of halogens is 1. The van der Waals surface area contributed by atoms with Crippen LogP contribution in [0.5, 0.6) is 5.75 Å². The maximum absolute atomic E-state index is 10.5. The maximum atomic E-state index is 10.5. The summed E-state index contributed by atoms with van der Waals surface area (Å²) in [5, 5.41) is 11.1. The molecule has 0 spiro atoms. The maximum Gasteiger partial charge on any atom is 0.136 e. The van der Waals surface area contributed by atoms with Crippen LogP contribution < -0.4 is 9.64 Å².